The highest BCUT2D eigenvalue weighted by atomic mass is 16.7. The second-order valence-corrected chi connectivity index (χ2v) is 7.63. The summed E-state index contributed by atoms with van der Waals surface area (Å²) < 4.78 is 22.0. The summed E-state index contributed by atoms with van der Waals surface area (Å²) in [6, 6.07) is 0. The van der Waals surface area contributed by atoms with E-state index in [4.69, 9.17) is 18.9 Å². The Morgan fingerprint density at radius 2 is 2.00 bits per heavy atom. The van der Waals surface area contributed by atoms with E-state index in [2.05, 4.69) is 0 Å². The lowest BCUT2D eigenvalue weighted by Gasteiger charge is -2.24. The first-order valence-corrected chi connectivity index (χ1v) is 9.29. The molecule has 0 bridgehead atoms. The van der Waals surface area contributed by atoms with Crippen molar-refractivity contribution in [3.63, 3.8) is 0 Å². The van der Waals surface area contributed by atoms with E-state index < -0.39 is 5.60 Å². The Labute approximate surface area is 142 Å². The predicted molar refractivity (Wildman–Crippen MR) is 83.2 cm³/mol. The van der Waals surface area contributed by atoms with Crippen LogP contribution in [-0.2, 0) is 28.5 Å². The number of carbonyl (C=O) groups is 2. The molecule has 4 fully saturated rings. The van der Waals surface area contributed by atoms with Crippen molar-refractivity contribution in [2.45, 2.75) is 75.8 Å². The van der Waals surface area contributed by atoms with Crippen molar-refractivity contribution < 1.29 is 28.5 Å². The van der Waals surface area contributed by atoms with E-state index in [0.717, 1.165) is 38.5 Å². The van der Waals surface area contributed by atoms with Gasteiger partial charge in [0, 0.05) is 6.42 Å². The quantitative estimate of drug-likeness (QED) is 0.544. The summed E-state index contributed by atoms with van der Waals surface area (Å²) in [5.41, 5.74) is -0.887. The van der Waals surface area contributed by atoms with Gasteiger partial charge in [0.2, 0.25) is 0 Å². The molecule has 6 nitrogen and oxygen atoms in total. The largest absolute Gasteiger partial charge is 0.465 e. The first kappa shape index (κ1) is 16.3. The number of esters is 2. The molecule has 24 heavy (non-hydrogen) atoms. The lowest BCUT2D eigenvalue weighted by Crippen LogP contribution is -2.39. The molecular weight excluding hydrogens is 312 g/mol. The molecule has 0 aromatic rings. The zero-order valence-corrected chi connectivity index (χ0v) is 14.2. The van der Waals surface area contributed by atoms with Crippen molar-refractivity contribution in [1.29, 1.82) is 0 Å². The third kappa shape index (κ3) is 3.06. The average molecular weight is 338 g/mol. The number of rotatable bonds is 6. The van der Waals surface area contributed by atoms with Crippen LogP contribution in [0.1, 0.15) is 51.9 Å². The van der Waals surface area contributed by atoms with Crippen molar-refractivity contribution >= 4 is 11.9 Å². The Balaban J connectivity index is 1.28. The number of hydrogen-bond acceptors (Lipinski definition) is 6. The molecule has 0 amide bonds. The van der Waals surface area contributed by atoms with Gasteiger partial charge in [-0.05, 0) is 44.4 Å². The van der Waals surface area contributed by atoms with E-state index >= 15 is 0 Å². The fourth-order valence-electron chi connectivity index (χ4n) is 4.25. The fourth-order valence-corrected chi connectivity index (χ4v) is 4.25. The molecule has 134 valence electrons. The van der Waals surface area contributed by atoms with Crippen LogP contribution in [0.2, 0.25) is 0 Å². The summed E-state index contributed by atoms with van der Waals surface area (Å²) >= 11 is 0. The maximum absolute atomic E-state index is 12.5. The highest BCUT2D eigenvalue weighted by Crippen LogP contribution is 2.51. The molecule has 4 aliphatic rings. The number of ether oxygens (including phenoxy) is 4. The minimum absolute atomic E-state index is 0.0808. The number of epoxide rings is 2. The molecule has 6 unspecified atom stereocenters. The first-order valence-electron chi connectivity index (χ1n) is 9.29. The molecule has 2 saturated heterocycles. The van der Waals surface area contributed by atoms with Gasteiger partial charge >= 0.3 is 11.9 Å². The van der Waals surface area contributed by atoms with Gasteiger partial charge in [-0.25, -0.2) is 4.79 Å². The predicted octanol–water partition coefficient (Wildman–Crippen LogP) is 1.99. The van der Waals surface area contributed by atoms with Gasteiger partial charge in [0.05, 0.1) is 37.4 Å². The van der Waals surface area contributed by atoms with Crippen molar-refractivity contribution in [3.8, 4) is 0 Å². The summed E-state index contributed by atoms with van der Waals surface area (Å²) in [4.78, 5) is 24.6. The molecule has 0 aromatic heterocycles. The fraction of sp³-hybridized carbons (Fsp3) is 0.889. The first-order chi connectivity index (χ1) is 11.6. The van der Waals surface area contributed by atoms with Gasteiger partial charge in [-0.3, -0.25) is 4.79 Å². The number of hydrogen-bond donors (Lipinski definition) is 0. The van der Waals surface area contributed by atoms with E-state index in [1.54, 1.807) is 0 Å². The summed E-state index contributed by atoms with van der Waals surface area (Å²) in [5, 5.41) is 0. The van der Waals surface area contributed by atoms with E-state index in [-0.39, 0.29) is 24.0 Å². The maximum Gasteiger partial charge on any atom is 0.341 e. The van der Waals surface area contributed by atoms with E-state index in [1.165, 1.54) is 0 Å². The molecular formula is C18H26O6. The highest BCUT2D eigenvalue weighted by Gasteiger charge is 2.67. The van der Waals surface area contributed by atoms with Gasteiger partial charge in [0.15, 0.2) is 5.60 Å². The Kier molecular flexibility index (Phi) is 4.29. The van der Waals surface area contributed by atoms with Gasteiger partial charge in [0.25, 0.3) is 0 Å². The molecule has 0 spiro atoms. The van der Waals surface area contributed by atoms with E-state index in [0.29, 0.717) is 37.8 Å². The zero-order chi connectivity index (χ0) is 16.7. The molecule has 2 aliphatic carbocycles. The van der Waals surface area contributed by atoms with Crippen LogP contribution in [0.25, 0.3) is 0 Å². The third-order valence-corrected chi connectivity index (χ3v) is 5.83. The molecule has 2 heterocycles. The third-order valence-electron chi connectivity index (χ3n) is 5.83. The Morgan fingerprint density at radius 1 is 1.12 bits per heavy atom. The highest BCUT2D eigenvalue weighted by molar-refractivity contribution is 5.85. The normalized spacial score (nSPS) is 42.5. The van der Waals surface area contributed by atoms with Crippen LogP contribution in [0.5, 0.6) is 0 Å². The smallest absolute Gasteiger partial charge is 0.341 e. The van der Waals surface area contributed by atoms with Gasteiger partial charge in [-0.15, -0.1) is 0 Å². The molecule has 0 N–H and O–H groups in total. The van der Waals surface area contributed by atoms with Crippen LogP contribution in [0, 0.1) is 11.8 Å². The molecule has 6 heteroatoms. The van der Waals surface area contributed by atoms with E-state index in [1.807, 2.05) is 6.92 Å². The van der Waals surface area contributed by atoms with Crippen LogP contribution in [-0.4, -0.2) is 49.1 Å². The van der Waals surface area contributed by atoms with E-state index in [9.17, 15) is 9.59 Å². The molecule has 4 rings (SSSR count). The van der Waals surface area contributed by atoms with Crippen molar-refractivity contribution in [1.82, 2.24) is 0 Å². The zero-order valence-electron chi connectivity index (χ0n) is 14.2. The minimum atomic E-state index is -0.887. The molecule has 6 atom stereocenters. The Bertz CT molecular complexity index is 520. The van der Waals surface area contributed by atoms with Crippen LogP contribution in [0.15, 0.2) is 0 Å². The SMILES string of the molecule is CCCOC(=O)C1CCC2OC2(C(=O)OCC2CCC3OC3C2)C1. The topological polar surface area (TPSA) is 77.7 Å². The summed E-state index contributed by atoms with van der Waals surface area (Å²) in [5.74, 6) is -0.361. The number of fused-ring (bicyclic) bond motifs is 2. The minimum Gasteiger partial charge on any atom is -0.465 e. The second kappa shape index (κ2) is 6.30. The van der Waals surface area contributed by atoms with Crippen molar-refractivity contribution in [3.05, 3.63) is 0 Å². The molecule has 0 radical (unpaired) electrons. The Morgan fingerprint density at radius 3 is 2.79 bits per heavy atom. The standard InChI is InChI=1S/C18H26O6/c1-2-7-21-16(19)12-4-6-15-18(9-12,24-15)17(20)22-10-11-3-5-13-14(8-11)23-13/h11-15H,2-10H2,1H3. The van der Waals surface area contributed by atoms with Gasteiger partial charge in [-0.2, -0.15) is 0 Å². The van der Waals surface area contributed by atoms with Gasteiger partial charge in [0.1, 0.15) is 0 Å². The van der Waals surface area contributed by atoms with Crippen LogP contribution in [0.4, 0.5) is 0 Å². The Hall–Kier alpha value is -1.14. The summed E-state index contributed by atoms with van der Waals surface area (Å²) in [6.45, 7) is 2.84. The van der Waals surface area contributed by atoms with Crippen LogP contribution < -0.4 is 0 Å². The molecule has 0 aromatic carbocycles. The average Bonchev–Trinajstić information content (AvgIpc) is 3.49. The van der Waals surface area contributed by atoms with Crippen molar-refractivity contribution in [2.75, 3.05) is 13.2 Å². The van der Waals surface area contributed by atoms with Crippen LogP contribution >= 0.6 is 0 Å². The van der Waals surface area contributed by atoms with Gasteiger partial charge < -0.3 is 18.9 Å². The summed E-state index contributed by atoms with van der Waals surface area (Å²) in [6.07, 6.45) is 6.53. The second-order valence-electron chi connectivity index (χ2n) is 7.63. The summed E-state index contributed by atoms with van der Waals surface area (Å²) in [7, 11) is 0. The number of carbonyl (C=O) groups excluding carboxylic acids is 2. The van der Waals surface area contributed by atoms with Gasteiger partial charge in [-0.1, -0.05) is 6.92 Å². The molecule has 2 saturated carbocycles. The lowest BCUT2D eigenvalue weighted by atomic mass is 9.81. The monoisotopic (exact) mass is 338 g/mol. The van der Waals surface area contributed by atoms with Crippen LogP contribution in [0.3, 0.4) is 0 Å². The maximum atomic E-state index is 12.5. The lowest BCUT2D eigenvalue weighted by molar-refractivity contribution is -0.156. The van der Waals surface area contributed by atoms with Crippen molar-refractivity contribution in [2.24, 2.45) is 11.8 Å². The molecule has 2 aliphatic heterocycles.